The van der Waals surface area contributed by atoms with Gasteiger partial charge in [-0.1, -0.05) is 18.2 Å². The van der Waals surface area contributed by atoms with E-state index in [0.29, 0.717) is 24.4 Å². The molecule has 2 aromatic rings. The zero-order valence-electron chi connectivity index (χ0n) is 23.8. The Morgan fingerprint density at radius 2 is 1.87 bits per heavy atom. The van der Waals surface area contributed by atoms with E-state index in [1.165, 1.54) is 0 Å². The molecule has 39 heavy (non-hydrogen) atoms. The Balaban J connectivity index is 1.46. The van der Waals surface area contributed by atoms with Gasteiger partial charge in [-0.05, 0) is 96.4 Å². The summed E-state index contributed by atoms with van der Waals surface area (Å²) in [5, 5.41) is 6.07. The highest BCUT2D eigenvalue weighted by Crippen LogP contribution is 2.30. The number of hydrogen-bond donors (Lipinski definition) is 2. The van der Waals surface area contributed by atoms with Gasteiger partial charge in [-0.3, -0.25) is 4.79 Å². The van der Waals surface area contributed by atoms with Crippen LogP contribution >= 0.6 is 0 Å². The first-order chi connectivity index (χ1) is 18.6. The number of benzene rings is 1. The third-order valence-electron chi connectivity index (χ3n) is 7.06. The molecule has 2 amide bonds. The van der Waals surface area contributed by atoms with E-state index in [0.717, 1.165) is 66.7 Å². The third kappa shape index (κ3) is 7.74. The largest absolute Gasteiger partial charge is 0.490 e. The summed E-state index contributed by atoms with van der Waals surface area (Å²) in [7, 11) is 1.61. The van der Waals surface area contributed by atoms with Gasteiger partial charge < -0.3 is 24.8 Å². The summed E-state index contributed by atoms with van der Waals surface area (Å²) in [5.74, 6) is 1.15. The molecule has 2 heterocycles. The van der Waals surface area contributed by atoms with Gasteiger partial charge >= 0.3 is 6.09 Å². The van der Waals surface area contributed by atoms with Crippen molar-refractivity contribution in [1.82, 2.24) is 15.6 Å². The van der Waals surface area contributed by atoms with E-state index in [2.05, 4.69) is 33.8 Å². The molecule has 0 unspecified atom stereocenters. The van der Waals surface area contributed by atoms with Crippen molar-refractivity contribution in [2.45, 2.75) is 96.9 Å². The van der Waals surface area contributed by atoms with Crippen molar-refractivity contribution in [3.8, 4) is 11.6 Å². The molecule has 0 saturated heterocycles. The topological polar surface area (TPSA) is 98.8 Å². The fourth-order valence-electron chi connectivity index (χ4n) is 5.22. The fourth-order valence-corrected chi connectivity index (χ4v) is 5.22. The van der Waals surface area contributed by atoms with Crippen LogP contribution in [0.15, 0.2) is 36.4 Å². The summed E-state index contributed by atoms with van der Waals surface area (Å²) in [5.41, 5.74) is 3.93. The van der Waals surface area contributed by atoms with E-state index in [9.17, 15) is 9.59 Å². The van der Waals surface area contributed by atoms with E-state index in [1.54, 1.807) is 7.11 Å². The first kappa shape index (κ1) is 28.5. The normalized spacial score (nSPS) is 20.7. The zero-order valence-corrected chi connectivity index (χ0v) is 23.8. The number of carbonyl (C=O) groups is 2. The molecule has 1 aliphatic heterocycles. The molecule has 1 saturated carbocycles. The quantitative estimate of drug-likeness (QED) is 0.496. The van der Waals surface area contributed by atoms with Crippen LogP contribution in [0.25, 0.3) is 0 Å². The number of aryl methyl sites for hydroxylation is 2. The number of methoxy groups -OCH3 is 1. The number of aromatic nitrogens is 1. The van der Waals surface area contributed by atoms with Crippen LogP contribution in [0.3, 0.4) is 0 Å². The molecule has 0 bridgehead atoms. The molecule has 4 rings (SSSR count). The second kappa shape index (κ2) is 12.5. The zero-order chi connectivity index (χ0) is 28.0. The average Bonchev–Trinajstić information content (AvgIpc) is 2.87. The average molecular weight is 536 g/mol. The van der Waals surface area contributed by atoms with Crippen molar-refractivity contribution in [3.63, 3.8) is 0 Å². The molecule has 1 aromatic carbocycles. The highest BCUT2D eigenvalue weighted by molar-refractivity contribution is 5.96. The van der Waals surface area contributed by atoms with Gasteiger partial charge in [0.2, 0.25) is 5.88 Å². The fraction of sp³-hybridized carbons (Fsp3) is 0.516. The van der Waals surface area contributed by atoms with Crippen LogP contribution in [0.2, 0.25) is 0 Å². The summed E-state index contributed by atoms with van der Waals surface area (Å²) < 4.78 is 17.4. The van der Waals surface area contributed by atoms with Crippen LogP contribution in [0.4, 0.5) is 4.79 Å². The minimum Gasteiger partial charge on any atom is -0.490 e. The van der Waals surface area contributed by atoms with Gasteiger partial charge in [-0.25, -0.2) is 9.78 Å². The molecule has 0 radical (unpaired) electrons. The summed E-state index contributed by atoms with van der Waals surface area (Å²) in [6, 6.07) is 7.81. The number of nitrogens with one attached hydrogen (secondary N) is 2. The predicted molar refractivity (Wildman–Crippen MR) is 150 cm³/mol. The molecular weight excluding hydrogens is 494 g/mol. The lowest BCUT2D eigenvalue weighted by Gasteiger charge is -2.31. The third-order valence-corrected chi connectivity index (χ3v) is 7.06. The molecule has 8 nitrogen and oxygen atoms in total. The lowest BCUT2D eigenvalue weighted by molar-refractivity contribution is 0.0470. The number of hydrogen-bond acceptors (Lipinski definition) is 6. The number of ether oxygens (including phenoxy) is 3. The number of nitrogens with zero attached hydrogens (tertiary/aromatic N) is 1. The Bertz CT molecular complexity index is 1210. The minimum atomic E-state index is -0.517. The summed E-state index contributed by atoms with van der Waals surface area (Å²) >= 11 is 0. The second-order valence-electron chi connectivity index (χ2n) is 11.3. The lowest BCUT2D eigenvalue weighted by Crippen LogP contribution is -2.42. The number of amides is 2. The highest BCUT2D eigenvalue weighted by atomic mass is 16.6. The van der Waals surface area contributed by atoms with E-state index in [1.807, 2.05) is 45.9 Å². The van der Waals surface area contributed by atoms with Gasteiger partial charge in [0.1, 0.15) is 11.4 Å². The van der Waals surface area contributed by atoms with Gasteiger partial charge in [-0.15, -0.1) is 0 Å². The minimum absolute atomic E-state index is 0.0204. The number of allylic oxidation sites excluding steroid dienone is 2. The van der Waals surface area contributed by atoms with E-state index < -0.39 is 5.60 Å². The Kier molecular flexibility index (Phi) is 9.15. The molecule has 1 aliphatic carbocycles. The van der Waals surface area contributed by atoms with E-state index in [4.69, 9.17) is 14.2 Å². The Labute approximate surface area is 231 Å². The van der Waals surface area contributed by atoms with Crippen molar-refractivity contribution in [2.24, 2.45) is 0 Å². The van der Waals surface area contributed by atoms with Gasteiger partial charge in [0.25, 0.3) is 5.91 Å². The van der Waals surface area contributed by atoms with Gasteiger partial charge in [0, 0.05) is 35.0 Å². The molecule has 8 heteroatoms. The SMILES string of the molecule is COc1nc(C)cc2c1CNC(=O)c1cccc(O[C@H]3CC[C@H](NC(=O)OC(C)(C)C)CC3)c1C/C=C/CC2. The molecule has 2 aliphatic rings. The lowest BCUT2D eigenvalue weighted by atomic mass is 9.92. The van der Waals surface area contributed by atoms with Crippen LogP contribution in [-0.4, -0.2) is 41.8 Å². The summed E-state index contributed by atoms with van der Waals surface area (Å²) in [6.07, 6.45) is 9.51. The highest BCUT2D eigenvalue weighted by Gasteiger charge is 2.27. The van der Waals surface area contributed by atoms with Gasteiger partial charge in [-0.2, -0.15) is 0 Å². The molecule has 1 fully saturated rings. The number of carbonyl (C=O) groups excluding carboxylic acids is 2. The van der Waals surface area contributed by atoms with Crippen molar-refractivity contribution in [2.75, 3.05) is 7.11 Å². The van der Waals surface area contributed by atoms with Crippen LogP contribution < -0.4 is 20.1 Å². The van der Waals surface area contributed by atoms with Crippen LogP contribution in [0.5, 0.6) is 11.6 Å². The molecule has 2 N–H and O–H groups in total. The maximum atomic E-state index is 13.4. The second-order valence-corrected chi connectivity index (χ2v) is 11.3. The van der Waals surface area contributed by atoms with Crippen LogP contribution in [0.1, 0.15) is 85.6 Å². The van der Waals surface area contributed by atoms with Crippen molar-refractivity contribution >= 4 is 12.0 Å². The number of pyridine rings is 1. The van der Waals surface area contributed by atoms with Gasteiger partial charge in [0.15, 0.2) is 0 Å². The van der Waals surface area contributed by atoms with Crippen molar-refractivity contribution in [3.05, 3.63) is 64.4 Å². The Hall–Kier alpha value is -3.55. The molecular formula is C31H41N3O5. The number of fused-ring (bicyclic) bond motifs is 2. The summed E-state index contributed by atoms with van der Waals surface area (Å²) in [6.45, 7) is 7.87. The monoisotopic (exact) mass is 535 g/mol. The maximum absolute atomic E-state index is 13.4. The Morgan fingerprint density at radius 1 is 1.10 bits per heavy atom. The molecule has 1 aromatic heterocycles. The van der Waals surface area contributed by atoms with E-state index in [-0.39, 0.29) is 24.1 Å². The van der Waals surface area contributed by atoms with Crippen LogP contribution in [-0.2, 0) is 24.1 Å². The Morgan fingerprint density at radius 3 is 2.59 bits per heavy atom. The smallest absolute Gasteiger partial charge is 0.407 e. The number of rotatable bonds is 4. The van der Waals surface area contributed by atoms with E-state index >= 15 is 0 Å². The standard InChI is InChI=1S/C31H41N3O5/c1-20-18-21-10-7-6-8-11-24-25(28(35)32-19-26(21)29(33-20)37-5)12-9-13-27(24)38-23-16-14-22(15-17-23)34-30(36)39-31(2,3)4/h6,8-9,12-13,18,22-23H,7,10-11,14-17,19H2,1-5H3,(H,32,35)(H,34,36)/b8-6+/t22-,23-. The molecule has 210 valence electrons. The maximum Gasteiger partial charge on any atom is 0.407 e. The summed E-state index contributed by atoms with van der Waals surface area (Å²) in [4.78, 5) is 30.0. The number of alkyl carbamates (subject to hydrolysis) is 1. The first-order valence-corrected chi connectivity index (χ1v) is 13.9. The van der Waals surface area contributed by atoms with Crippen molar-refractivity contribution < 1.29 is 23.8 Å². The molecule has 0 spiro atoms. The predicted octanol–water partition coefficient (Wildman–Crippen LogP) is 5.59. The molecule has 0 atom stereocenters. The van der Waals surface area contributed by atoms with Gasteiger partial charge in [0.05, 0.1) is 13.2 Å². The van der Waals surface area contributed by atoms with Crippen molar-refractivity contribution in [1.29, 1.82) is 0 Å². The first-order valence-electron chi connectivity index (χ1n) is 13.9. The van der Waals surface area contributed by atoms with Crippen LogP contribution in [0, 0.1) is 6.92 Å².